The summed E-state index contributed by atoms with van der Waals surface area (Å²) >= 11 is 0. The van der Waals surface area contributed by atoms with E-state index in [1.807, 2.05) is 37.3 Å². The molecule has 0 spiro atoms. The van der Waals surface area contributed by atoms with Crippen LogP contribution in [0.3, 0.4) is 0 Å². The highest BCUT2D eigenvalue weighted by Gasteiger charge is 2.35. The molecule has 1 atom stereocenters. The van der Waals surface area contributed by atoms with Gasteiger partial charge in [-0.25, -0.2) is 4.84 Å². The van der Waals surface area contributed by atoms with Gasteiger partial charge < -0.3 is 0 Å². The monoisotopic (exact) mass is 186 g/mol. The van der Waals surface area contributed by atoms with Gasteiger partial charge in [0.2, 0.25) is 5.60 Å². The molecule has 0 bridgehead atoms. The van der Waals surface area contributed by atoms with E-state index in [-0.39, 0.29) is 0 Å². The Hall–Kier alpha value is -1.79. The minimum Gasteiger partial charge on any atom is -0.269 e. The van der Waals surface area contributed by atoms with Gasteiger partial charge in [-0.1, -0.05) is 30.3 Å². The zero-order chi connectivity index (χ0) is 10.0. The van der Waals surface area contributed by atoms with Crippen LogP contribution in [0, 0.1) is 11.3 Å². The molecule has 0 saturated carbocycles. The molecule has 14 heavy (non-hydrogen) atoms. The summed E-state index contributed by atoms with van der Waals surface area (Å²) < 4.78 is 0. The largest absolute Gasteiger partial charge is 0.269 e. The van der Waals surface area contributed by atoms with Crippen molar-refractivity contribution in [3.05, 3.63) is 47.7 Å². The van der Waals surface area contributed by atoms with E-state index in [0.717, 1.165) is 11.3 Å². The fourth-order valence-electron chi connectivity index (χ4n) is 1.47. The molecular formula is C11H10N2O. The van der Waals surface area contributed by atoms with Crippen LogP contribution in [0.5, 0.6) is 0 Å². The zero-order valence-corrected chi connectivity index (χ0v) is 7.82. The number of hydrogen-bond donors (Lipinski definition) is 1. The Morgan fingerprint density at radius 3 is 2.57 bits per heavy atom. The fraction of sp³-hybridized carbons (Fsp3) is 0.182. The molecule has 1 N–H and O–H groups in total. The predicted molar refractivity (Wildman–Crippen MR) is 51.7 cm³/mol. The molecular weight excluding hydrogens is 176 g/mol. The first-order chi connectivity index (χ1) is 6.77. The molecule has 0 saturated heterocycles. The molecule has 0 aliphatic carbocycles. The second-order valence-corrected chi connectivity index (χ2v) is 3.24. The lowest BCUT2D eigenvalue weighted by Crippen LogP contribution is -2.24. The van der Waals surface area contributed by atoms with Gasteiger partial charge in [-0.3, -0.25) is 5.48 Å². The van der Waals surface area contributed by atoms with Crippen molar-refractivity contribution < 1.29 is 4.84 Å². The lowest BCUT2D eigenvalue weighted by atomic mass is 9.95. The Morgan fingerprint density at radius 1 is 1.36 bits per heavy atom. The quantitative estimate of drug-likeness (QED) is 0.727. The topological polar surface area (TPSA) is 45.0 Å². The van der Waals surface area contributed by atoms with E-state index in [1.165, 1.54) is 0 Å². The van der Waals surface area contributed by atoms with Crippen LogP contribution in [-0.2, 0) is 10.4 Å². The maximum absolute atomic E-state index is 9.13. The molecule has 1 aliphatic rings. The van der Waals surface area contributed by atoms with Crippen molar-refractivity contribution in [3.8, 4) is 6.07 Å². The molecule has 0 unspecified atom stereocenters. The highest BCUT2D eigenvalue weighted by Crippen LogP contribution is 2.30. The summed E-state index contributed by atoms with van der Waals surface area (Å²) in [5.74, 6) is 0. The van der Waals surface area contributed by atoms with E-state index >= 15 is 0 Å². The van der Waals surface area contributed by atoms with E-state index in [9.17, 15) is 0 Å². The number of nitrogens with one attached hydrogen (secondary N) is 1. The third-order valence-corrected chi connectivity index (χ3v) is 2.16. The summed E-state index contributed by atoms with van der Waals surface area (Å²) in [6.07, 6.45) is 1.78. The standard InChI is InChI=1S/C11H10N2O/c1-9-7-11(8-12,14-13-9)10-5-3-2-4-6-10/h2-7,13H,1H3/t11-/m0/s1. The average Bonchev–Trinajstić information content (AvgIpc) is 2.63. The van der Waals surface area contributed by atoms with Gasteiger partial charge in [-0.15, -0.1) is 0 Å². The van der Waals surface area contributed by atoms with Crippen molar-refractivity contribution >= 4 is 0 Å². The second kappa shape index (κ2) is 3.17. The molecule has 3 heteroatoms. The van der Waals surface area contributed by atoms with Gasteiger partial charge in [-0.05, 0) is 13.0 Å². The van der Waals surface area contributed by atoms with Crippen LogP contribution in [0.25, 0.3) is 0 Å². The van der Waals surface area contributed by atoms with Crippen molar-refractivity contribution in [2.24, 2.45) is 0 Å². The van der Waals surface area contributed by atoms with Crippen molar-refractivity contribution in [1.29, 1.82) is 5.26 Å². The molecule has 0 radical (unpaired) electrons. The number of nitrogens with zero attached hydrogens (tertiary/aromatic N) is 1. The molecule has 2 rings (SSSR count). The molecule has 1 aromatic carbocycles. The van der Waals surface area contributed by atoms with Gasteiger partial charge in [0.05, 0.1) is 0 Å². The first kappa shape index (κ1) is 8.79. The van der Waals surface area contributed by atoms with Crippen LogP contribution in [0.1, 0.15) is 12.5 Å². The molecule has 3 nitrogen and oxygen atoms in total. The molecule has 0 fully saturated rings. The van der Waals surface area contributed by atoms with E-state index in [4.69, 9.17) is 10.1 Å². The van der Waals surface area contributed by atoms with E-state index in [0.29, 0.717) is 0 Å². The maximum Gasteiger partial charge on any atom is 0.226 e. The number of rotatable bonds is 1. The summed E-state index contributed by atoms with van der Waals surface area (Å²) in [6, 6.07) is 11.6. The minimum absolute atomic E-state index is 0.840. The Bertz CT molecular complexity index is 405. The first-order valence-corrected chi connectivity index (χ1v) is 4.37. The first-order valence-electron chi connectivity index (χ1n) is 4.37. The molecule has 0 amide bonds. The van der Waals surface area contributed by atoms with Crippen molar-refractivity contribution in [3.63, 3.8) is 0 Å². The predicted octanol–water partition coefficient (Wildman–Crippen LogP) is 1.84. The Kier molecular flexibility index (Phi) is 1.99. The molecule has 0 aromatic heterocycles. The lowest BCUT2D eigenvalue weighted by molar-refractivity contribution is -0.00605. The maximum atomic E-state index is 9.13. The molecule has 1 heterocycles. The van der Waals surface area contributed by atoms with E-state index in [2.05, 4.69) is 11.5 Å². The Balaban J connectivity index is 2.47. The normalized spacial score (nSPS) is 25.0. The summed E-state index contributed by atoms with van der Waals surface area (Å²) in [6.45, 7) is 1.86. The van der Waals surface area contributed by atoms with E-state index < -0.39 is 5.60 Å². The highest BCUT2D eigenvalue weighted by atomic mass is 16.7. The van der Waals surface area contributed by atoms with Crippen LogP contribution in [0.15, 0.2) is 42.1 Å². The molecule has 70 valence electrons. The number of hydrogen-bond acceptors (Lipinski definition) is 3. The van der Waals surface area contributed by atoms with Crippen LogP contribution < -0.4 is 5.48 Å². The Morgan fingerprint density at radius 2 is 2.07 bits per heavy atom. The number of allylic oxidation sites excluding steroid dienone is 1. The van der Waals surface area contributed by atoms with Crippen molar-refractivity contribution in [1.82, 2.24) is 5.48 Å². The summed E-state index contributed by atoms with van der Waals surface area (Å²) in [5.41, 5.74) is 3.43. The second-order valence-electron chi connectivity index (χ2n) is 3.24. The van der Waals surface area contributed by atoms with Gasteiger partial charge >= 0.3 is 0 Å². The number of nitriles is 1. The van der Waals surface area contributed by atoms with Crippen molar-refractivity contribution in [2.45, 2.75) is 12.5 Å². The van der Waals surface area contributed by atoms with Crippen LogP contribution in [0.2, 0.25) is 0 Å². The SMILES string of the molecule is CC1=C[C@](C#N)(c2ccccc2)ON1. The van der Waals surface area contributed by atoms with Crippen LogP contribution in [-0.4, -0.2) is 0 Å². The molecule has 1 aliphatic heterocycles. The smallest absolute Gasteiger partial charge is 0.226 e. The lowest BCUT2D eigenvalue weighted by Gasteiger charge is -2.16. The number of hydroxylamine groups is 1. The average molecular weight is 186 g/mol. The van der Waals surface area contributed by atoms with E-state index in [1.54, 1.807) is 6.08 Å². The van der Waals surface area contributed by atoms with Gasteiger partial charge in [0, 0.05) is 11.3 Å². The van der Waals surface area contributed by atoms with Gasteiger partial charge in [0.25, 0.3) is 0 Å². The summed E-state index contributed by atoms with van der Waals surface area (Å²) in [5, 5.41) is 9.13. The van der Waals surface area contributed by atoms with Crippen LogP contribution in [0.4, 0.5) is 0 Å². The zero-order valence-electron chi connectivity index (χ0n) is 7.82. The Labute approximate surface area is 82.6 Å². The highest BCUT2D eigenvalue weighted by molar-refractivity contribution is 5.37. The van der Waals surface area contributed by atoms with Gasteiger partial charge in [0.1, 0.15) is 6.07 Å². The minimum atomic E-state index is -0.967. The fourth-order valence-corrected chi connectivity index (χ4v) is 1.47. The van der Waals surface area contributed by atoms with Crippen LogP contribution >= 0.6 is 0 Å². The third-order valence-electron chi connectivity index (χ3n) is 2.16. The number of benzene rings is 1. The van der Waals surface area contributed by atoms with Gasteiger partial charge in [-0.2, -0.15) is 5.26 Å². The van der Waals surface area contributed by atoms with Gasteiger partial charge in [0.15, 0.2) is 0 Å². The third kappa shape index (κ3) is 1.26. The van der Waals surface area contributed by atoms with Crippen molar-refractivity contribution in [2.75, 3.05) is 0 Å². The summed E-state index contributed by atoms with van der Waals surface area (Å²) in [7, 11) is 0. The summed E-state index contributed by atoms with van der Waals surface area (Å²) in [4.78, 5) is 5.28. The molecule has 1 aromatic rings.